The van der Waals surface area contributed by atoms with Gasteiger partial charge in [0.15, 0.2) is 0 Å². The zero-order valence-corrected chi connectivity index (χ0v) is 15.4. The zero-order valence-electron chi connectivity index (χ0n) is 15.4. The number of ether oxygens (including phenoxy) is 2. The standard InChI is InChI=1S/C20H27NO5/c1-13(15-4-3-5-16(12-15)25-2)19(22)21-9-6-14(7-10-21)18-17(20(23)24)8-11-26-18/h3-5,12-14,17-18H,6-11H2,1-2H3,(H,23,24)/t13?,17?,18-/m0/s1. The molecule has 6 heteroatoms. The highest BCUT2D eigenvalue weighted by atomic mass is 16.5. The van der Waals surface area contributed by atoms with E-state index in [2.05, 4.69) is 0 Å². The number of carboxylic acid groups (broad SMARTS) is 1. The molecule has 2 fully saturated rings. The number of piperidine rings is 1. The number of methoxy groups -OCH3 is 1. The molecule has 2 heterocycles. The van der Waals surface area contributed by atoms with Crippen molar-refractivity contribution in [2.75, 3.05) is 26.8 Å². The fourth-order valence-electron chi connectivity index (χ4n) is 4.12. The van der Waals surface area contributed by atoms with E-state index in [-0.39, 0.29) is 23.8 Å². The molecule has 0 radical (unpaired) electrons. The third-order valence-corrected chi connectivity index (χ3v) is 5.73. The third kappa shape index (κ3) is 3.85. The van der Waals surface area contributed by atoms with Crippen molar-refractivity contribution in [1.29, 1.82) is 0 Å². The van der Waals surface area contributed by atoms with Crippen LogP contribution in [0.3, 0.4) is 0 Å². The van der Waals surface area contributed by atoms with E-state index >= 15 is 0 Å². The van der Waals surface area contributed by atoms with Gasteiger partial charge in [-0.05, 0) is 49.8 Å². The van der Waals surface area contributed by atoms with Crippen LogP contribution in [0.4, 0.5) is 0 Å². The number of carbonyl (C=O) groups excluding carboxylic acids is 1. The van der Waals surface area contributed by atoms with Gasteiger partial charge in [0.1, 0.15) is 5.75 Å². The van der Waals surface area contributed by atoms with E-state index in [0.29, 0.717) is 26.1 Å². The van der Waals surface area contributed by atoms with Gasteiger partial charge in [-0.25, -0.2) is 0 Å². The number of hydrogen-bond donors (Lipinski definition) is 1. The van der Waals surface area contributed by atoms with Crippen molar-refractivity contribution in [3.05, 3.63) is 29.8 Å². The summed E-state index contributed by atoms with van der Waals surface area (Å²) in [5.74, 6) is -0.320. The van der Waals surface area contributed by atoms with Crippen molar-refractivity contribution in [3.8, 4) is 5.75 Å². The van der Waals surface area contributed by atoms with Crippen molar-refractivity contribution < 1.29 is 24.2 Å². The van der Waals surface area contributed by atoms with Crippen molar-refractivity contribution in [3.63, 3.8) is 0 Å². The van der Waals surface area contributed by atoms with E-state index in [9.17, 15) is 14.7 Å². The fourth-order valence-corrected chi connectivity index (χ4v) is 4.12. The van der Waals surface area contributed by atoms with Gasteiger partial charge in [-0.2, -0.15) is 0 Å². The number of amides is 1. The Morgan fingerprint density at radius 3 is 2.65 bits per heavy atom. The van der Waals surface area contributed by atoms with Gasteiger partial charge in [-0.3, -0.25) is 9.59 Å². The second kappa shape index (κ2) is 8.08. The van der Waals surface area contributed by atoms with E-state index in [0.717, 1.165) is 24.2 Å². The van der Waals surface area contributed by atoms with Gasteiger partial charge >= 0.3 is 5.97 Å². The lowest BCUT2D eigenvalue weighted by atomic mass is 9.84. The lowest BCUT2D eigenvalue weighted by Crippen LogP contribution is -2.44. The number of hydrogen-bond acceptors (Lipinski definition) is 4. The molecule has 0 bridgehead atoms. The SMILES string of the molecule is COc1cccc(C(C)C(=O)N2CCC([C@@H]3OCCC3C(=O)O)CC2)c1. The van der Waals surface area contributed by atoms with Crippen LogP contribution in [0.5, 0.6) is 5.75 Å². The summed E-state index contributed by atoms with van der Waals surface area (Å²) in [6.07, 6.45) is 1.97. The Morgan fingerprint density at radius 2 is 2.00 bits per heavy atom. The molecular weight excluding hydrogens is 334 g/mol. The maximum Gasteiger partial charge on any atom is 0.309 e. The highest BCUT2D eigenvalue weighted by molar-refractivity contribution is 5.83. The molecule has 2 unspecified atom stereocenters. The predicted molar refractivity (Wildman–Crippen MR) is 96.2 cm³/mol. The Morgan fingerprint density at radius 1 is 1.27 bits per heavy atom. The second-order valence-electron chi connectivity index (χ2n) is 7.23. The van der Waals surface area contributed by atoms with Gasteiger partial charge in [0.2, 0.25) is 5.91 Å². The molecular formula is C20H27NO5. The lowest BCUT2D eigenvalue weighted by molar-refractivity contribution is -0.146. The van der Waals surface area contributed by atoms with Gasteiger partial charge in [-0.1, -0.05) is 12.1 Å². The molecule has 2 aliphatic heterocycles. The quantitative estimate of drug-likeness (QED) is 0.872. The molecule has 0 spiro atoms. The second-order valence-corrected chi connectivity index (χ2v) is 7.23. The Labute approximate surface area is 154 Å². The minimum absolute atomic E-state index is 0.110. The average Bonchev–Trinajstić information content (AvgIpc) is 3.17. The molecule has 3 rings (SSSR count). The Kier molecular flexibility index (Phi) is 5.81. The summed E-state index contributed by atoms with van der Waals surface area (Å²) in [6.45, 7) is 3.76. The van der Waals surface area contributed by atoms with Gasteiger partial charge in [0.25, 0.3) is 0 Å². The Bertz CT molecular complexity index is 653. The van der Waals surface area contributed by atoms with Crippen LogP contribution in [0.25, 0.3) is 0 Å². The number of carbonyl (C=O) groups is 2. The van der Waals surface area contributed by atoms with Crippen LogP contribution >= 0.6 is 0 Å². The van der Waals surface area contributed by atoms with Crippen LogP contribution in [0, 0.1) is 11.8 Å². The number of aliphatic carboxylic acids is 1. The van der Waals surface area contributed by atoms with Gasteiger partial charge < -0.3 is 19.5 Å². The van der Waals surface area contributed by atoms with E-state index < -0.39 is 11.9 Å². The molecule has 26 heavy (non-hydrogen) atoms. The first kappa shape index (κ1) is 18.7. The minimum atomic E-state index is -0.766. The molecule has 1 amide bonds. The third-order valence-electron chi connectivity index (χ3n) is 5.73. The predicted octanol–water partition coefficient (Wildman–Crippen LogP) is 2.53. The van der Waals surface area contributed by atoms with E-state index in [1.807, 2.05) is 36.1 Å². The van der Waals surface area contributed by atoms with Crippen LogP contribution in [-0.2, 0) is 14.3 Å². The molecule has 2 aliphatic rings. The largest absolute Gasteiger partial charge is 0.497 e. The highest BCUT2D eigenvalue weighted by Gasteiger charge is 2.41. The van der Waals surface area contributed by atoms with Crippen LogP contribution in [-0.4, -0.2) is 54.8 Å². The molecule has 1 aromatic rings. The van der Waals surface area contributed by atoms with Crippen molar-refractivity contribution in [2.24, 2.45) is 11.8 Å². The first-order chi connectivity index (χ1) is 12.5. The smallest absolute Gasteiger partial charge is 0.309 e. The van der Waals surface area contributed by atoms with E-state index in [1.54, 1.807) is 7.11 Å². The average molecular weight is 361 g/mol. The molecule has 1 aromatic carbocycles. The molecule has 6 nitrogen and oxygen atoms in total. The Hall–Kier alpha value is -2.08. The van der Waals surface area contributed by atoms with E-state index in [4.69, 9.17) is 9.47 Å². The van der Waals surface area contributed by atoms with Crippen LogP contribution in [0.2, 0.25) is 0 Å². The number of benzene rings is 1. The normalized spacial score (nSPS) is 25.1. The van der Waals surface area contributed by atoms with Crippen molar-refractivity contribution in [2.45, 2.75) is 38.2 Å². The molecule has 0 aromatic heterocycles. The maximum atomic E-state index is 12.9. The molecule has 3 atom stereocenters. The summed E-state index contributed by atoms with van der Waals surface area (Å²) in [5.41, 5.74) is 0.946. The van der Waals surface area contributed by atoms with Crippen molar-refractivity contribution in [1.82, 2.24) is 4.90 Å². The number of rotatable bonds is 5. The fraction of sp³-hybridized carbons (Fsp3) is 0.600. The van der Waals surface area contributed by atoms with Gasteiger partial charge in [-0.15, -0.1) is 0 Å². The first-order valence-electron chi connectivity index (χ1n) is 9.28. The topological polar surface area (TPSA) is 76.1 Å². The van der Waals surface area contributed by atoms with E-state index in [1.165, 1.54) is 0 Å². The molecule has 0 aliphatic carbocycles. The maximum absolute atomic E-state index is 12.9. The Balaban J connectivity index is 1.58. The summed E-state index contributed by atoms with van der Waals surface area (Å²) < 4.78 is 11.0. The summed E-state index contributed by atoms with van der Waals surface area (Å²) in [7, 11) is 1.62. The zero-order chi connectivity index (χ0) is 18.7. The number of nitrogens with zero attached hydrogens (tertiary/aromatic N) is 1. The minimum Gasteiger partial charge on any atom is -0.497 e. The summed E-state index contributed by atoms with van der Waals surface area (Å²) in [5, 5.41) is 9.34. The molecule has 142 valence electrons. The summed E-state index contributed by atoms with van der Waals surface area (Å²) in [6, 6.07) is 7.61. The summed E-state index contributed by atoms with van der Waals surface area (Å²) in [4.78, 5) is 26.1. The molecule has 0 saturated carbocycles. The summed E-state index contributed by atoms with van der Waals surface area (Å²) >= 11 is 0. The van der Waals surface area contributed by atoms with Gasteiger partial charge in [0, 0.05) is 19.7 Å². The van der Waals surface area contributed by atoms with Crippen molar-refractivity contribution >= 4 is 11.9 Å². The molecule has 1 N–H and O–H groups in total. The molecule has 2 saturated heterocycles. The number of carboxylic acids is 1. The highest BCUT2D eigenvalue weighted by Crippen LogP contribution is 2.34. The van der Waals surface area contributed by atoms with Crippen LogP contribution in [0.15, 0.2) is 24.3 Å². The monoisotopic (exact) mass is 361 g/mol. The lowest BCUT2D eigenvalue weighted by Gasteiger charge is -2.36. The first-order valence-corrected chi connectivity index (χ1v) is 9.28. The van der Waals surface area contributed by atoms with Crippen LogP contribution < -0.4 is 4.74 Å². The van der Waals surface area contributed by atoms with Gasteiger partial charge in [0.05, 0.1) is 25.0 Å². The van der Waals surface area contributed by atoms with Crippen LogP contribution in [0.1, 0.15) is 37.7 Å². The number of likely N-dealkylation sites (tertiary alicyclic amines) is 1.